The molecule has 0 fully saturated rings. The summed E-state index contributed by atoms with van der Waals surface area (Å²) in [6.07, 6.45) is 2.62. The lowest BCUT2D eigenvalue weighted by Gasteiger charge is -2.03. The van der Waals surface area contributed by atoms with E-state index in [4.69, 9.17) is 5.21 Å². The maximum Gasteiger partial charge on any atom is 0.259 e. The van der Waals surface area contributed by atoms with Gasteiger partial charge in [0.2, 0.25) is 0 Å². The molecule has 0 saturated heterocycles. The smallest absolute Gasteiger partial charge is 0.259 e. The average Bonchev–Trinajstić information content (AvgIpc) is 2.65. The van der Waals surface area contributed by atoms with Crippen LogP contribution in [0.1, 0.15) is 5.69 Å². The van der Waals surface area contributed by atoms with Crippen molar-refractivity contribution in [1.82, 2.24) is 8.54 Å². The molecule has 2 aromatic rings. The third-order valence-electron chi connectivity index (χ3n) is 2.33. The minimum absolute atomic E-state index is 0.0636. The van der Waals surface area contributed by atoms with Crippen LogP contribution in [-0.4, -0.2) is 20.0 Å². The first-order chi connectivity index (χ1) is 8.10. The molecule has 0 radical (unpaired) electrons. The third-order valence-corrected chi connectivity index (χ3v) is 3.44. The number of hydrogen-bond donors (Lipinski definition) is 1. The van der Waals surface area contributed by atoms with Crippen LogP contribution in [0.4, 0.5) is 3.89 Å². The summed E-state index contributed by atoms with van der Waals surface area (Å²) in [6, 6.07) is 1.47. The third kappa shape index (κ3) is 1.87. The van der Waals surface area contributed by atoms with Gasteiger partial charge in [0.25, 0.3) is 5.56 Å². The van der Waals surface area contributed by atoms with Gasteiger partial charge in [0.1, 0.15) is 0 Å². The van der Waals surface area contributed by atoms with Crippen molar-refractivity contribution >= 4 is 45.4 Å². The van der Waals surface area contributed by atoms with Gasteiger partial charge in [-0.05, 0) is 22.0 Å². The van der Waals surface area contributed by atoms with Gasteiger partial charge < -0.3 is 9.77 Å². The molecule has 1 N–H and O–H groups in total. The van der Waals surface area contributed by atoms with Crippen molar-refractivity contribution in [1.29, 1.82) is 0 Å². The highest BCUT2D eigenvalue weighted by atomic mass is 79.9. The second kappa shape index (κ2) is 4.53. The van der Waals surface area contributed by atoms with Gasteiger partial charge in [-0.15, -0.1) is 3.89 Å². The van der Waals surface area contributed by atoms with Crippen LogP contribution in [-0.2, 0) is 7.05 Å². The summed E-state index contributed by atoms with van der Waals surface area (Å²) in [6.45, 7) is 0. The Labute approximate surface area is 108 Å². The number of fused-ring (bicyclic) bond motifs is 1. The summed E-state index contributed by atoms with van der Waals surface area (Å²) in [5.41, 5.74) is 0.457. The summed E-state index contributed by atoms with van der Waals surface area (Å²) in [5, 5.41) is 11.7. The van der Waals surface area contributed by atoms with Gasteiger partial charge in [-0.25, -0.2) is 0 Å². The molecule has 0 aliphatic rings. The molecule has 2 heterocycles. The lowest BCUT2D eigenvalue weighted by Crippen LogP contribution is -2.15. The highest BCUT2D eigenvalue weighted by molar-refractivity contribution is 9.10. The predicted molar refractivity (Wildman–Crippen MR) is 68.4 cm³/mol. The molecule has 0 aliphatic heterocycles. The highest BCUT2D eigenvalue weighted by Crippen LogP contribution is 2.28. The van der Waals surface area contributed by atoms with Crippen LogP contribution < -0.4 is 5.56 Å². The number of halogens is 2. The summed E-state index contributed by atoms with van der Waals surface area (Å²) >= 11 is 3.21. The topological polar surface area (TPSA) is 59.5 Å². The van der Waals surface area contributed by atoms with Gasteiger partial charge in [-0.3, -0.25) is 8.77 Å². The Balaban J connectivity index is 2.96. The Morgan fingerprint density at radius 3 is 2.94 bits per heavy atom. The summed E-state index contributed by atoms with van der Waals surface area (Å²) < 4.78 is 16.0. The lowest BCUT2D eigenvalue weighted by atomic mass is 10.3. The summed E-state index contributed by atoms with van der Waals surface area (Å²) in [5.74, 6) is 0. The maximum absolute atomic E-state index is 12.9. The number of nitrogens with zero attached hydrogens (tertiary/aromatic N) is 3. The first kappa shape index (κ1) is 12.2. The Morgan fingerprint density at radius 1 is 1.65 bits per heavy atom. The second-order valence-electron chi connectivity index (χ2n) is 3.33. The van der Waals surface area contributed by atoms with E-state index in [2.05, 4.69) is 21.1 Å². The molecule has 90 valence electrons. The van der Waals surface area contributed by atoms with Crippen molar-refractivity contribution in [3.8, 4) is 0 Å². The first-order valence-corrected chi connectivity index (χ1v) is 5.94. The fourth-order valence-electron chi connectivity index (χ4n) is 1.61. The molecule has 5 nitrogen and oxygen atoms in total. The number of pyridine rings is 1. The zero-order chi connectivity index (χ0) is 12.6. The van der Waals surface area contributed by atoms with Crippen LogP contribution in [0.3, 0.4) is 0 Å². The molecule has 0 amide bonds. The van der Waals surface area contributed by atoms with Crippen molar-refractivity contribution in [3.63, 3.8) is 0 Å². The highest BCUT2D eigenvalue weighted by Gasteiger charge is 2.15. The molecule has 0 unspecified atom stereocenters. The fraction of sp³-hybridized carbons (Fsp3) is 0.111. The van der Waals surface area contributed by atoms with Crippen molar-refractivity contribution in [2.75, 3.05) is 0 Å². The van der Waals surface area contributed by atoms with E-state index in [1.807, 2.05) is 0 Å². The van der Waals surface area contributed by atoms with E-state index >= 15 is 0 Å². The molecule has 0 aliphatic carbocycles. The van der Waals surface area contributed by atoms with Crippen LogP contribution in [0.15, 0.2) is 26.7 Å². The first-order valence-electron chi connectivity index (χ1n) is 4.47. The molecule has 2 rings (SSSR count). The van der Waals surface area contributed by atoms with E-state index in [1.165, 1.54) is 14.6 Å². The van der Waals surface area contributed by atoms with Crippen LogP contribution in [0.25, 0.3) is 10.9 Å². The van der Waals surface area contributed by atoms with Crippen LogP contribution in [0.2, 0.25) is 0 Å². The Bertz CT molecular complexity index is 664. The minimum Gasteiger partial charge on any atom is -0.411 e. The number of oxime groups is 1. The van der Waals surface area contributed by atoms with Gasteiger partial charge in [0, 0.05) is 13.2 Å². The SMILES string of the molecule is Cn1cc(Br)c2c(cc(/C=N/O)n2SF)c1=O. The molecule has 0 atom stereocenters. The van der Waals surface area contributed by atoms with E-state index in [0.29, 0.717) is 21.1 Å². The Morgan fingerprint density at radius 2 is 2.35 bits per heavy atom. The van der Waals surface area contributed by atoms with E-state index in [0.717, 1.165) is 6.21 Å². The van der Waals surface area contributed by atoms with Gasteiger partial charge in [-0.1, -0.05) is 5.16 Å². The van der Waals surface area contributed by atoms with E-state index < -0.39 is 0 Å². The summed E-state index contributed by atoms with van der Waals surface area (Å²) in [4.78, 5) is 11.9. The van der Waals surface area contributed by atoms with Crippen molar-refractivity contribution in [3.05, 3.63) is 32.8 Å². The molecular weight excluding hydrogens is 313 g/mol. The standard InChI is InChI=1S/C9H7BrFN3O2S/c1-13-4-7(10)8-6(9(13)15)2-5(3-12-16)14(8)17-11/h2-4,16H,1H3/b12-3+. The fourth-order valence-corrected chi connectivity index (χ4v) is 2.87. The molecule has 0 spiro atoms. The number of rotatable bonds is 2. The Hall–Kier alpha value is -1.28. The van der Waals surface area contributed by atoms with E-state index in [9.17, 15) is 8.68 Å². The monoisotopic (exact) mass is 319 g/mol. The second-order valence-corrected chi connectivity index (χ2v) is 4.69. The van der Waals surface area contributed by atoms with Gasteiger partial charge in [-0.2, -0.15) is 0 Å². The van der Waals surface area contributed by atoms with Gasteiger partial charge >= 0.3 is 0 Å². The largest absolute Gasteiger partial charge is 0.411 e. The van der Waals surface area contributed by atoms with Crippen molar-refractivity contribution in [2.45, 2.75) is 0 Å². The molecule has 8 heteroatoms. The van der Waals surface area contributed by atoms with Crippen LogP contribution in [0.5, 0.6) is 0 Å². The molecule has 2 aromatic heterocycles. The molecule has 0 aromatic carbocycles. The zero-order valence-electron chi connectivity index (χ0n) is 8.59. The molecule has 0 saturated carbocycles. The Kier molecular flexibility index (Phi) is 3.25. The maximum atomic E-state index is 12.9. The predicted octanol–water partition coefficient (Wildman–Crippen LogP) is 2.29. The van der Waals surface area contributed by atoms with Crippen LogP contribution >= 0.6 is 28.3 Å². The number of aryl methyl sites for hydroxylation is 1. The number of aromatic nitrogens is 2. The normalized spacial score (nSPS) is 11.7. The lowest BCUT2D eigenvalue weighted by molar-refractivity contribution is 0.321. The quantitative estimate of drug-likeness (QED) is 0.525. The zero-order valence-corrected chi connectivity index (χ0v) is 11.0. The average molecular weight is 320 g/mol. The van der Waals surface area contributed by atoms with Crippen molar-refractivity contribution in [2.24, 2.45) is 12.2 Å². The van der Waals surface area contributed by atoms with E-state index in [1.54, 1.807) is 13.2 Å². The van der Waals surface area contributed by atoms with Crippen LogP contribution in [0, 0.1) is 0 Å². The summed E-state index contributed by atoms with van der Waals surface area (Å²) in [7, 11) is 1.60. The molecule has 17 heavy (non-hydrogen) atoms. The van der Waals surface area contributed by atoms with Gasteiger partial charge in [0.15, 0.2) is 12.3 Å². The minimum atomic E-state index is -0.247. The molecular formula is C9H7BrFN3O2S. The van der Waals surface area contributed by atoms with Gasteiger partial charge in [0.05, 0.1) is 27.3 Å². The van der Waals surface area contributed by atoms with E-state index in [-0.39, 0.29) is 17.9 Å². The number of hydrogen-bond acceptors (Lipinski definition) is 4. The van der Waals surface area contributed by atoms with Crippen molar-refractivity contribution < 1.29 is 9.09 Å². The molecule has 0 bridgehead atoms.